The van der Waals surface area contributed by atoms with Crippen LogP contribution in [0.4, 0.5) is 5.82 Å². The number of sulfonamides is 1. The van der Waals surface area contributed by atoms with Crippen molar-refractivity contribution in [3.8, 4) is 0 Å². The predicted molar refractivity (Wildman–Crippen MR) is 131 cm³/mol. The first-order valence-electron chi connectivity index (χ1n) is 10.7. The van der Waals surface area contributed by atoms with Gasteiger partial charge in [0.15, 0.2) is 0 Å². The van der Waals surface area contributed by atoms with E-state index in [2.05, 4.69) is 50.7 Å². The molecule has 170 valence electrons. The van der Waals surface area contributed by atoms with E-state index in [1.807, 2.05) is 18.2 Å². The average Bonchev–Trinajstić information content (AvgIpc) is 3.18. The van der Waals surface area contributed by atoms with Gasteiger partial charge >= 0.3 is 0 Å². The van der Waals surface area contributed by atoms with Crippen molar-refractivity contribution in [1.29, 1.82) is 0 Å². The minimum absolute atomic E-state index is 0.0541. The van der Waals surface area contributed by atoms with Gasteiger partial charge in [0.25, 0.3) is 10.0 Å². The molecule has 8 heteroatoms. The largest absolute Gasteiger partial charge is 0.310 e. The van der Waals surface area contributed by atoms with Crippen LogP contribution in [-0.4, -0.2) is 30.6 Å². The highest BCUT2D eigenvalue weighted by atomic mass is 35.5. The van der Waals surface area contributed by atoms with Crippen LogP contribution in [0.2, 0.25) is 5.02 Å². The number of pyridine rings is 1. The van der Waals surface area contributed by atoms with Gasteiger partial charge in [-0.2, -0.15) is 5.10 Å². The van der Waals surface area contributed by atoms with E-state index in [0.29, 0.717) is 16.4 Å². The highest BCUT2D eigenvalue weighted by Crippen LogP contribution is 2.31. The van der Waals surface area contributed by atoms with E-state index in [-0.39, 0.29) is 22.3 Å². The van der Waals surface area contributed by atoms with Crippen LogP contribution in [0, 0.1) is 5.92 Å². The van der Waals surface area contributed by atoms with Crippen LogP contribution in [0.5, 0.6) is 0 Å². The Labute approximate surface area is 194 Å². The van der Waals surface area contributed by atoms with Gasteiger partial charge in [0.2, 0.25) is 0 Å². The highest BCUT2D eigenvalue weighted by molar-refractivity contribution is 7.92. The molecule has 1 aliphatic heterocycles. The minimum atomic E-state index is -3.79. The molecule has 3 heterocycles. The summed E-state index contributed by atoms with van der Waals surface area (Å²) >= 11 is 6.42. The fourth-order valence-electron chi connectivity index (χ4n) is 3.89. The monoisotopic (exact) mass is 472 g/mol. The second kappa shape index (κ2) is 8.21. The molecule has 1 aliphatic rings. The lowest BCUT2D eigenvalue weighted by molar-refractivity contribution is 0.542. The van der Waals surface area contributed by atoms with Gasteiger partial charge in [-0.3, -0.25) is 4.72 Å². The Hall–Kier alpha value is -2.35. The highest BCUT2D eigenvalue weighted by Gasteiger charge is 2.23. The third-order valence-electron chi connectivity index (χ3n) is 5.84. The van der Waals surface area contributed by atoms with Gasteiger partial charge in [-0.05, 0) is 59.7 Å². The average molecular weight is 473 g/mol. The lowest BCUT2D eigenvalue weighted by Crippen LogP contribution is -2.34. The van der Waals surface area contributed by atoms with E-state index >= 15 is 0 Å². The SMILES string of the molecule is CC1C=C(c2cc3c(Cl)ccc(NS(=O)(=O)c4ccc(C(C)(C)C)cc4)n3n2)C(C)CN1. The van der Waals surface area contributed by atoms with Crippen molar-refractivity contribution < 1.29 is 8.42 Å². The van der Waals surface area contributed by atoms with E-state index in [4.69, 9.17) is 16.7 Å². The third-order valence-corrected chi connectivity index (χ3v) is 7.53. The first kappa shape index (κ1) is 22.8. The molecular weight excluding hydrogens is 444 g/mol. The molecule has 1 aromatic carbocycles. The first-order valence-corrected chi connectivity index (χ1v) is 12.6. The van der Waals surface area contributed by atoms with Gasteiger partial charge < -0.3 is 5.32 Å². The second-order valence-corrected chi connectivity index (χ2v) is 11.6. The van der Waals surface area contributed by atoms with Crippen molar-refractivity contribution in [3.05, 3.63) is 64.8 Å². The number of fused-ring (bicyclic) bond motifs is 1. The van der Waals surface area contributed by atoms with Crippen molar-refractivity contribution >= 4 is 38.5 Å². The molecule has 0 amide bonds. The number of anilines is 1. The molecule has 2 atom stereocenters. The Bertz CT molecular complexity index is 1290. The van der Waals surface area contributed by atoms with Crippen molar-refractivity contribution in [3.63, 3.8) is 0 Å². The summed E-state index contributed by atoms with van der Waals surface area (Å²) in [5, 5.41) is 8.65. The van der Waals surface area contributed by atoms with E-state index in [1.165, 1.54) is 0 Å². The fraction of sp³-hybridized carbons (Fsp3) is 0.375. The summed E-state index contributed by atoms with van der Waals surface area (Å²) in [6.45, 7) is 11.4. The summed E-state index contributed by atoms with van der Waals surface area (Å²) < 4.78 is 30.4. The van der Waals surface area contributed by atoms with E-state index in [9.17, 15) is 8.42 Å². The van der Waals surface area contributed by atoms with Crippen LogP contribution in [0.3, 0.4) is 0 Å². The van der Waals surface area contributed by atoms with E-state index in [0.717, 1.165) is 23.4 Å². The van der Waals surface area contributed by atoms with Gasteiger partial charge in [-0.25, -0.2) is 12.9 Å². The Balaban J connectivity index is 1.72. The molecule has 0 saturated heterocycles. The Morgan fingerprint density at radius 3 is 2.47 bits per heavy atom. The Morgan fingerprint density at radius 1 is 1.12 bits per heavy atom. The standard InChI is InChI=1S/C24H29ClN4O2S/c1-15-14-26-16(2)12-19(15)21-13-22-20(25)10-11-23(29(22)27-21)28-32(30,31)18-8-6-17(7-9-18)24(3,4)5/h6-13,15-16,26,28H,14H2,1-5H3. The van der Waals surface area contributed by atoms with Crippen molar-refractivity contribution in [2.24, 2.45) is 5.92 Å². The van der Waals surface area contributed by atoms with Crippen LogP contribution in [0.1, 0.15) is 45.9 Å². The molecule has 0 saturated carbocycles. The number of aromatic nitrogens is 2. The molecule has 0 radical (unpaired) electrons. The zero-order valence-electron chi connectivity index (χ0n) is 19.0. The molecule has 0 spiro atoms. The number of nitrogens with one attached hydrogen (secondary N) is 2. The smallest absolute Gasteiger partial charge is 0.263 e. The van der Waals surface area contributed by atoms with Crippen LogP contribution in [0.15, 0.2) is 53.4 Å². The molecule has 32 heavy (non-hydrogen) atoms. The van der Waals surface area contributed by atoms with Crippen molar-refractivity contribution in [2.45, 2.75) is 51.0 Å². The van der Waals surface area contributed by atoms with Gasteiger partial charge in [-0.15, -0.1) is 0 Å². The molecule has 2 N–H and O–H groups in total. The number of nitrogens with zero attached hydrogens (tertiary/aromatic N) is 2. The zero-order chi connectivity index (χ0) is 23.3. The molecule has 2 aromatic heterocycles. The lowest BCUT2D eigenvalue weighted by Gasteiger charge is -2.24. The van der Waals surface area contributed by atoms with Gasteiger partial charge in [0.05, 0.1) is 21.1 Å². The van der Waals surface area contributed by atoms with Crippen LogP contribution in [0.25, 0.3) is 11.1 Å². The van der Waals surface area contributed by atoms with Gasteiger partial charge in [-0.1, -0.05) is 57.5 Å². The molecule has 4 rings (SSSR count). The van der Waals surface area contributed by atoms with E-state index < -0.39 is 10.0 Å². The molecule has 0 bridgehead atoms. The number of hydrogen-bond acceptors (Lipinski definition) is 4. The maximum absolute atomic E-state index is 13.1. The van der Waals surface area contributed by atoms with Crippen LogP contribution < -0.4 is 10.0 Å². The fourth-order valence-corrected chi connectivity index (χ4v) is 5.13. The van der Waals surface area contributed by atoms with Gasteiger partial charge in [0.1, 0.15) is 5.82 Å². The summed E-state index contributed by atoms with van der Waals surface area (Å²) in [4.78, 5) is 0.199. The first-order chi connectivity index (χ1) is 15.0. The number of halogens is 1. The minimum Gasteiger partial charge on any atom is -0.310 e. The second-order valence-electron chi connectivity index (χ2n) is 9.49. The molecular formula is C24H29ClN4O2S. The lowest BCUT2D eigenvalue weighted by atomic mass is 9.87. The number of benzene rings is 1. The molecule has 3 aromatic rings. The summed E-state index contributed by atoms with van der Waals surface area (Å²) in [6, 6.07) is 12.4. The predicted octanol–water partition coefficient (Wildman–Crippen LogP) is 5.10. The van der Waals surface area contributed by atoms with Crippen molar-refractivity contribution in [1.82, 2.24) is 14.9 Å². The molecule has 0 fully saturated rings. The molecule has 2 unspecified atom stereocenters. The van der Waals surface area contributed by atoms with Crippen molar-refractivity contribution in [2.75, 3.05) is 11.3 Å². The summed E-state index contributed by atoms with van der Waals surface area (Å²) in [5.74, 6) is 0.627. The van der Waals surface area contributed by atoms with Gasteiger partial charge in [0, 0.05) is 12.6 Å². The van der Waals surface area contributed by atoms with E-state index in [1.54, 1.807) is 28.8 Å². The molecule has 0 aliphatic carbocycles. The zero-order valence-corrected chi connectivity index (χ0v) is 20.6. The number of hydrogen-bond donors (Lipinski definition) is 2. The summed E-state index contributed by atoms with van der Waals surface area (Å²) in [7, 11) is -3.79. The normalized spacial score (nSPS) is 19.8. The topological polar surface area (TPSA) is 75.5 Å². The third kappa shape index (κ3) is 4.42. The maximum atomic E-state index is 13.1. The number of rotatable bonds is 4. The van der Waals surface area contributed by atoms with Crippen LogP contribution in [-0.2, 0) is 15.4 Å². The Kier molecular flexibility index (Phi) is 5.86. The summed E-state index contributed by atoms with van der Waals surface area (Å²) in [6.07, 6.45) is 2.16. The maximum Gasteiger partial charge on any atom is 0.263 e. The Morgan fingerprint density at radius 2 is 1.81 bits per heavy atom. The van der Waals surface area contributed by atoms with Crippen LogP contribution >= 0.6 is 11.6 Å². The molecule has 6 nitrogen and oxygen atoms in total. The quantitative estimate of drug-likeness (QED) is 0.554. The summed E-state index contributed by atoms with van der Waals surface area (Å²) in [5.41, 5.74) is 3.60.